The van der Waals surface area contributed by atoms with Crippen LogP contribution in [0.2, 0.25) is 0 Å². The monoisotopic (exact) mass is 381 g/mol. The molecule has 5 heteroatoms. The lowest BCUT2D eigenvalue weighted by Gasteiger charge is -2.24. The number of urea groups is 1. The second kappa shape index (κ2) is 6.41. The van der Waals surface area contributed by atoms with Crippen molar-refractivity contribution in [3.63, 3.8) is 0 Å². The topological polar surface area (TPSA) is 62.3 Å². The van der Waals surface area contributed by atoms with Crippen LogP contribution in [-0.4, -0.2) is 21.8 Å². The van der Waals surface area contributed by atoms with Crippen molar-refractivity contribution in [3.8, 4) is 0 Å². The molecule has 2 heterocycles. The van der Waals surface area contributed by atoms with Crippen molar-refractivity contribution in [2.75, 3.05) is 0 Å². The van der Waals surface area contributed by atoms with Crippen molar-refractivity contribution in [1.29, 1.82) is 0 Å². The maximum atomic E-state index is 13.4. The Morgan fingerprint density at radius 3 is 2.52 bits per heavy atom. The van der Waals surface area contributed by atoms with Crippen molar-refractivity contribution in [1.82, 2.24) is 15.2 Å². The molecule has 4 aromatic rings. The Kier molecular flexibility index (Phi) is 3.84. The van der Waals surface area contributed by atoms with Gasteiger partial charge in [-0.25, -0.2) is 4.79 Å². The number of hydrogen-bond acceptors (Lipinski definition) is 3. The smallest absolute Gasteiger partial charge is 0.319 e. The summed E-state index contributed by atoms with van der Waals surface area (Å²) in [6.45, 7) is 1.95. The number of rotatable bonds is 3. The number of amides is 3. The highest BCUT2D eigenvalue weighted by molar-refractivity contribution is 6.09. The molecule has 1 saturated heterocycles. The molecule has 142 valence electrons. The molecule has 3 aromatic carbocycles. The van der Waals surface area contributed by atoms with Gasteiger partial charge in [-0.05, 0) is 34.9 Å². The van der Waals surface area contributed by atoms with Crippen LogP contribution in [0.25, 0.3) is 21.7 Å². The van der Waals surface area contributed by atoms with Crippen LogP contribution in [0.4, 0.5) is 4.79 Å². The molecule has 0 radical (unpaired) electrons. The zero-order valence-corrected chi connectivity index (χ0v) is 15.9. The summed E-state index contributed by atoms with van der Waals surface area (Å²) in [6.07, 6.45) is 1.72. The van der Waals surface area contributed by atoms with Gasteiger partial charge in [0.15, 0.2) is 0 Å². The summed E-state index contributed by atoms with van der Waals surface area (Å²) >= 11 is 0. The van der Waals surface area contributed by atoms with Crippen LogP contribution in [0.5, 0.6) is 0 Å². The molecule has 3 amide bonds. The van der Waals surface area contributed by atoms with E-state index < -0.39 is 11.6 Å². The quantitative estimate of drug-likeness (QED) is 0.537. The van der Waals surface area contributed by atoms with E-state index in [4.69, 9.17) is 0 Å². The van der Waals surface area contributed by atoms with Gasteiger partial charge >= 0.3 is 6.03 Å². The summed E-state index contributed by atoms with van der Waals surface area (Å²) in [5.74, 6) is -0.258. The lowest BCUT2D eigenvalue weighted by molar-refractivity contribution is -0.131. The van der Waals surface area contributed by atoms with Crippen LogP contribution in [-0.2, 0) is 16.9 Å². The molecular formula is C24H19N3O2. The minimum Gasteiger partial charge on any atom is -0.319 e. The largest absolute Gasteiger partial charge is 0.325 e. The molecule has 1 aliphatic rings. The van der Waals surface area contributed by atoms with E-state index in [0.29, 0.717) is 0 Å². The van der Waals surface area contributed by atoms with E-state index in [9.17, 15) is 9.59 Å². The maximum Gasteiger partial charge on any atom is 0.325 e. The minimum atomic E-state index is -1.12. The summed E-state index contributed by atoms with van der Waals surface area (Å²) in [6, 6.07) is 23.0. The van der Waals surface area contributed by atoms with Gasteiger partial charge in [-0.1, -0.05) is 66.7 Å². The van der Waals surface area contributed by atoms with Crippen LogP contribution in [0.15, 0.2) is 79.0 Å². The molecule has 0 spiro atoms. The van der Waals surface area contributed by atoms with Crippen LogP contribution >= 0.6 is 0 Å². The fourth-order valence-electron chi connectivity index (χ4n) is 4.15. The lowest BCUT2D eigenvalue weighted by atomic mass is 9.87. The summed E-state index contributed by atoms with van der Waals surface area (Å²) in [5, 5.41) is 5.89. The number of carbonyl (C=O) groups is 2. The first-order valence-electron chi connectivity index (χ1n) is 9.53. The number of carbonyl (C=O) groups excluding carboxylic acids is 2. The van der Waals surface area contributed by atoms with Gasteiger partial charge in [-0.15, -0.1) is 0 Å². The van der Waals surface area contributed by atoms with Crippen molar-refractivity contribution < 1.29 is 9.59 Å². The number of benzene rings is 3. The molecule has 1 aliphatic heterocycles. The third-order valence-electron chi connectivity index (χ3n) is 5.65. The number of fused-ring (bicyclic) bond motifs is 2. The van der Waals surface area contributed by atoms with Gasteiger partial charge in [-0.2, -0.15) is 0 Å². The molecule has 5 nitrogen and oxygen atoms in total. The number of nitrogens with one attached hydrogen (secondary N) is 1. The molecule has 1 atom stereocenters. The number of imide groups is 1. The number of hydrogen-bond donors (Lipinski definition) is 1. The number of para-hydroxylation sites is 1. The lowest BCUT2D eigenvalue weighted by Crippen LogP contribution is -2.41. The van der Waals surface area contributed by atoms with Crippen LogP contribution in [0.1, 0.15) is 18.1 Å². The molecular weight excluding hydrogens is 362 g/mol. The first-order valence-corrected chi connectivity index (χ1v) is 9.53. The Morgan fingerprint density at radius 2 is 1.62 bits per heavy atom. The van der Waals surface area contributed by atoms with E-state index in [1.807, 2.05) is 72.8 Å². The fraction of sp³-hybridized carbons (Fsp3) is 0.125. The van der Waals surface area contributed by atoms with Gasteiger partial charge in [-0.3, -0.25) is 14.7 Å². The number of pyridine rings is 1. The first-order chi connectivity index (χ1) is 14.1. The molecule has 1 aromatic heterocycles. The van der Waals surface area contributed by atoms with Crippen LogP contribution < -0.4 is 5.32 Å². The molecule has 29 heavy (non-hydrogen) atoms. The van der Waals surface area contributed by atoms with Gasteiger partial charge < -0.3 is 5.32 Å². The Labute approximate surface area is 168 Å². The van der Waals surface area contributed by atoms with Gasteiger partial charge in [0, 0.05) is 11.6 Å². The molecule has 0 saturated carbocycles. The zero-order valence-electron chi connectivity index (χ0n) is 15.9. The molecule has 1 N–H and O–H groups in total. The second-order valence-corrected chi connectivity index (χ2v) is 7.47. The SMILES string of the molecule is C[C@@]1(c2cccc3ccccc23)NC(=O)N(Cc2cccc3cccnc23)C1=O. The minimum absolute atomic E-state index is 0.180. The highest BCUT2D eigenvalue weighted by Gasteiger charge is 2.49. The van der Waals surface area contributed by atoms with Gasteiger partial charge in [0.1, 0.15) is 5.54 Å². The Hall–Kier alpha value is -3.73. The van der Waals surface area contributed by atoms with Crippen molar-refractivity contribution >= 4 is 33.6 Å². The average Bonchev–Trinajstić information content (AvgIpc) is 2.97. The number of nitrogens with zero attached hydrogens (tertiary/aromatic N) is 2. The molecule has 0 aliphatic carbocycles. The Bertz CT molecular complexity index is 1270. The Balaban J connectivity index is 1.56. The first kappa shape index (κ1) is 17.4. The van der Waals surface area contributed by atoms with Crippen molar-refractivity contribution in [3.05, 3.63) is 90.1 Å². The van der Waals surface area contributed by atoms with E-state index in [-0.39, 0.29) is 12.5 Å². The standard InChI is InChI=1S/C24H19N3O2/c1-24(20-13-5-8-16-7-2-3-12-19(16)20)22(28)27(23(29)26-24)15-18-10-4-9-17-11-6-14-25-21(17)18/h2-14H,15H2,1H3,(H,26,29)/t24-/m0/s1. The summed E-state index contributed by atoms with van der Waals surface area (Å²) in [4.78, 5) is 32.0. The molecule has 5 rings (SSSR count). The molecule has 0 unspecified atom stereocenters. The summed E-state index contributed by atoms with van der Waals surface area (Å²) in [7, 11) is 0. The van der Waals surface area contributed by atoms with E-state index in [1.165, 1.54) is 4.90 Å². The second-order valence-electron chi connectivity index (χ2n) is 7.47. The predicted molar refractivity (Wildman–Crippen MR) is 112 cm³/mol. The van der Waals surface area contributed by atoms with E-state index in [1.54, 1.807) is 13.1 Å². The zero-order chi connectivity index (χ0) is 20.0. The fourth-order valence-corrected chi connectivity index (χ4v) is 4.15. The molecule has 0 bridgehead atoms. The summed E-state index contributed by atoms with van der Waals surface area (Å²) in [5.41, 5.74) is 1.33. The Morgan fingerprint density at radius 1 is 0.897 bits per heavy atom. The predicted octanol–water partition coefficient (Wildman–Crippen LogP) is 4.36. The summed E-state index contributed by atoms with van der Waals surface area (Å²) < 4.78 is 0. The highest BCUT2D eigenvalue weighted by Crippen LogP contribution is 2.34. The van der Waals surface area contributed by atoms with E-state index in [0.717, 1.165) is 32.8 Å². The normalized spacial score (nSPS) is 19.1. The van der Waals surface area contributed by atoms with Crippen molar-refractivity contribution in [2.24, 2.45) is 0 Å². The van der Waals surface area contributed by atoms with Crippen molar-refractivity contribution in [2.45, 2.75) is 19.0 Å². The highest BCUT2D eigenvalue weighted by atomic mass is 16.2. The third kappa shape index (κ3) is 2.66. The van der Waals surface area contributed by atoms with Gasteiger partial charge in [0.05, 0.1) is 12.1 Å². The third-order valence-corrected chi connectivity index (χ3v) is 5.65. The van der Waals surface area contributed by atoms with Gasteiger partial charge in [0.2, 0.25) is 0 Å². The van der Waals surface area contributed by atoms with Crippen LogP contribution in [0, 0.1) is 0 Å². The molecule has 1 fully saturated rings. The van der Waals surface area contributed by atoms with E-state index >= 15 is 0 Å². The average molecular weight is 381 g/mol. The van der Waals surface area contributed by atoms with Gasteiger partial charge in [0.25, 0.3) is 5.91 Å². The number of aromatic nitrogens is 1. The van der Waals surface area contributed by atoms with E-state index in [2.05, 4.69) is 10.3 Å². The van der Waals surface area contributed by atoms with Crippen LogP contribution in [0.3, 0.4) is 0 Å². The maximum absolute atomic E-state index is 13.4.